The van der Waals surface area contributed by atoms with Gasteiger partial charge < -0.3 is 10.0 Å². The van der Waals surface area contributed by atoms with Gasteiger partial charge in [-0.3, -0.25) is 9.59 Å². The molecular weight excluding hydrogens is 342 g/mol. The highest BCUT2D eigenvalue weighted by Gasteiger charge is 2.30. The molecule has 0 bridgehead atoms. The standard InChI is InChI=1S/C18H25NO5S/c1-3-13(2)19(12-17(20)21)18(22)14-8-10-16(11-9-14)25(23,24)15-6-4-5-7-15/h8-11,13,15H,3-7,12H2,1-2H3,(H,20,21). The number of amides is 1. The van der Waals surface area contributed by atoms with Crippen molar-refractivity contribution in [2.24, 2.45) is 0 Å². The predicted molar refractivity (Wildman–Crippen MR) is 94.3 cm³/mol. The van der Waals surface area contributed by atoms with Gasteiger partial charge in [0.15, 0.2) is 9.84 Å². The molecule has 1 atom stereocenters. The van der Waals surface area contributed by atoms with Crippen molar-refractivity contribution in [3.8, 4) is 0 Å². The van der Waals surface area contributed by atoms with E-state index in [-0.39, 0.29) is 22.7 Å². The number of carboxylic acid groups (broad SMARTS) is 1. The molecule has 1 aliphatic rings. The van der Waals surface area contributed by atoms with E-state index < -0.39 is 21.7 Å². The molecular formula is C18H25NO5S. The van der Waals surface area contributed by atoms with Crippen LogP contribution in [0.1, 0.15) is 56.3 Å². The average molecular weight is 367 g/mol. The second kappa shape index (κ2) is 7.99. The summed E-state index contributed by atoms with van der Waals surface area (Å²) >= 11 is 0. The molecule has 0 saturated heterocycles. The molecule has 2 rings (SSSR count). The van der Waals surface area contributed by atoms with E-state index in [0.717, 1.165) is 12.8 Å². The summed E-state index contributed by atoms with van der Waals surface area (Å²) in [5, 5.41) is 8.69. The van der Waals surface area contributed by atoms with Crippen LogP contribution in [-0.2, 0) is 14.6 Å². The third kappa shape index (κ3) is 4.39. The average Bonchev–Trinajstić information content (AvgIpc) is 3.14. The highest BCUT2D eigenvalue weighted by atomic mass is 32.2. The van der Waals surface area contributed by atoms with Crippen molar-refractivity contribution < 1.29 is 23.1 Å². The number of nitrogens with zero attached hydrogens (tertiary/aromatic N) is 1. The second-order valence-corrected chi connectivity index (χ2v) is 8.79. The lowest BCUT2D eigenvalue weighted by Crippen LogP contribution is -2.41. The van der Waals surface area contributed by atoms with Gasteiger partial charge in [-0.15, -0.1) is 0 Å². The largest absolute Gasteiger partial charge is 0.480 e. The summed E-state index contributed by atoms with van der Waals surface area (Å²) in [7, 11) is -3.36. The molecule has 1 unspecified atom stereocenters. The number of carbonyl (C=O) groups is 2. The Morgan fingerprint density at radius 2 is 1.76 bits per heavy atom. The maximum Gasteiger partial charge on any atom is 0.323 e. The zero-order valence-electron chi connectivity index (χ0n) is 14.6. The number of sulfone groups is 1. The first-order valence-electron chi connectivity index (χ1n) is 8.64. The van der Waals surface area contributed by atoms with Gasteiger partial charge in [0.2, 0.25) is 0 Å². The number of hydrogen-bond donors (Lipinski definition) is 1. The SMILES string of the molecule is CCC(C)N(CC(=O)O)C(=O)c1ccc(S(=O)(=O)C2CCCC2)cc1. The van der Waals surface area contributed by atoms with Crippen LogP contribution in [0.4, 0.5) is 0 Å². The number of aliphatic carboxylic acids is 1. The molecule has 0 spiro atoms. The Balaban J connectivity index is 2.22. The van der Waals surface area contributed by atoms with Gasteiger partial charge in [0.05, 0.1) is 10.1 Å². The highest BCUT2D eigenvalue weighted by Crippen LogP contribution is 2.29. The van der Waals surface area contributed by atoms with Crippen LogP contribution >= 0.6 is 0 Å². The molecule has 0 radical (unpaired) electrons. The van der Waals surface area contributed by atoms with Crippen LogP contribution in [0, 0.1) is 0 Å². The van der Waals surface area contributed by atoms with Gasteiger partial charge in [-0.25, -0.2) is 8.42 Å². The Labute approximate surface area is 148 Å². The Morgan fingerprint density at radius 3 is 2.24 bits per heavy atom. The third-order valence-electron chi connectivity index (χ3n) is 4.86. The van der Waals surface area contributed by atoms with Gasteiger partial charge in [-0.2, -0.15) is 0 Å². The van der Waals surface area contributed by atoms with Crippen molar-refractivity contribution >= 4 is 21.7 Å². The monoisotopic (exact) mass is 367 g/mol. The molecule has 1 saturated carbocycles. The maximum absolute atomic E-state index is 12.6. The molecule has 1 N–H and O–H groups in total. The van der Waals surface area contributed by atoms with Crippen LogP contribution in [-0.4, -0.2) is 48.1 Å². The van der Waals surface area contributed by atoms with Crippen LogP contribution < -0.4 is 0 Å². The first-order valence-corrected chi connectivity index (χ1v) is 10.2. The number of benzene rings is 1. The summed E-state index contributed by atoms with van der Waals surface area (Å²) in [6.07, 6.45) is 3.86. The lowest BCUT2D eigenvalue weighted by atomic mass is 10.1. The first-order chi connectivity index (χ1) is 11.8. The Bertz CT molecular complexity index is 720. The molecule has 7 heteroatoms. The lowest BCUT2D eigenvalue weighted by Gasteiger charge is -2.27. The van der Waals surface area contributed by atoms with E-state index in [0.29, 0.717) is 24.8 Å². The van der Waals surface area contributed by atoms with Crippen molar-refractivity contribution in [2.45, 2.75) is 62.1 Å². The summed E-state index contributed by atoms with van der Waals surface area (Å²) in [4.78, 5) is 25.2. The fourth-order valence-corrected chi connectivity index (χ4v) is 4.99. The van der Waals surface area contributed by atoms with Crippen LogP contribution in [0.2, 0.25) is 0 Å². The summed E-state index contributed by atoms with van der Waals surface area (Å²) in [6, 6.07) is 5.64. The number of carboxylic acids is 1. The molecule has 25 heavy (non-hydrogen) atoms. The van der Waals surface area contributed by atoms with Crippen molar-refractivity contribution in [2.75, 3.05) is 6.54 Å². The Morgan fingerprint density at radius 1 is 1.20 bits per heavy atom. The minimum absolute atomic E-state index is 0.217. The summed E-state index contributed by atoms with van der Waals surface area (Å²) in [5.41, 5.74) is 0.298. The highest BCUT2D eigenvalue weighted by molar-refractivity contribution is 7.92. The Hall–Kier alpha value is -1.89. The molecule has 0 aromatic heterocycles. The number of rotatable bonds is 7. The summed E-state index contributed by atoms with van der Waals surface area (Å²) in [5.74, 6) is -1.48. The van der Waals surface area contributed by atoms with Gasteiger partial charge in [-0.05, 0) is 50.5 Å². The second-order valence-electron chi connectivity index (χ2n) is 6.56. The molecule has 1 aliphatic carbocycles. The molecule has 0 aliphatic heterocycles. The zero-order chi connectivity index (χ0) is 18.6. The van der Waals surface area contributed by atoms with E-state index in [1.165, 1.54) is 29.2 Å². The molecule has 1 aromatic carbocycles. The van der Waals surface area contributed by atoms with Crippen LogP contribution in [0.3, 0.4) is 0 Å². The van der Waals surface area contributed by atoms with Gasteiger partial charge in [-0.1, -0.05) is 19.8 Å². The van der Waals surface area contributed by atoms with Gasteiger partial charge in [0.1, 0.15) is 6.54 Å². The van der Waals surface area contributed by atoms with E-state index in [1.807, 2.05) is 6.92 Å². The minimum atomic E-state index is -3.36. The van der Waals surface area contributed by atoms with Crippen LogP contribution in [0.5, 0.6) is 0 Å². The minimum Gasteiger partial charge on any atom is -0.480 e. The topological polar surface area (TPSA) is 91.8 Å². The zero-order valence-corrected chi connectivity index (χ0v) is 15.5. The van der Waals surface area contributed by atoms with Crippen molar-refractivity contribution in [3.63, 3.8) is 0 Å². The summed E-state index contributed by atoms with van der Waals surface area (Å²) in [6.45, 7) is 3.29. The maximum atomic E-state index is 12.6. The van der Waals surface area contributed by atoms with Crippen molar-refractivity contribution in [3.05, 3.63) is 29.8 Å². The smallest absolute Gasteiger partial charge is 0.323 e. The number of hydrogen-bond acceptors (Lipinski definition) is 4. The van der Waals surface area contributed by atoms with Gasteiger partial charge in [0.25, 0.3) is 5.91 Å². The van der Waals surface area contributed by atoms with Gasteiger partial charge in [0, 0.05) is 11.6 Å². The quantitative estimate of drug-likeness (QED) is 0.800. The fourth-order valence-electron chi connectivity index (χ4n) is 3.14. The van der Waals surface area contributed by atoms with E-state index in [9.17, 15) is 18.0 Å². The van der Waals surface area contributed by atoms with Gasteiger partial charge >= 0.3 is 5.97 Å². The van der Waals surface area contributed by atoms with E-state index in [4.69, 9.17) is 5.11 Å². The van der Waals surface area contributed by atoms with Crippen LogP contribution in [0.15, 0.2) is 29.2 Å². The molecule has 138 valence electrons. The summed E-state index contributed by atoms with van der Waals surface area (Å²) < 4.78 is 25.2. The lowest BCUT2D eigenvalue weighted by molar-refractivity contribution is -0.138. The third-order valence-corrected chi connectivity index (χ3v) is 7.14. The first kappa shape index (κ1) is 19.4. The van der Waals surface area contributed by atoms with E-state index in [2.05, 4.69) is 0 Å². The number of carbonyl (C=O) groups excluding carboxylic acids is 1. The van der Waals surface area contributed by atoms with Crippen molar-refractivity contribution in [1.29, 1.82) is 0 Å². The molecule has 6 nitrogen and oxygen atoms in total. The Kier molecular flexibility index (Phi) is 6.21. The molecule has 0 heterocycles. The fraction of sp³-hybridized carbons (Fsp3) is 0.556. The normalized spacial score (nSPS) is 16.6. The van der Waals surface area contributed by atoms with E-state index in [1.54, 1.807) is 6.92 Å². The van der Waals surface area contributed by atoms with Crippen LogP contribution in [0.25, 0.3) is 0 Å². The van der Waals surface area contributed by atoms with E-state index >= 15 is 0 Å². The van der Waals surface area contributed by atoms with Crippen molar-refractivity contribution in [1.82, 2.24) is 4.90 Å². The predicted octanol–water partition coefficient (Wildman–Crippen LogP) is 2.73. The molecule has 1 aromatic rings. The molecule has 1 fully saturated rings. The molecule has 1 amide bonds.